The summed E-state index contributed by atoms with van der Waals surface area (Å²) in [6.07, 6.45) is 3.99. The fourth-order valence-corrected chi connectivity index (χ4v) is 3.65. The summed E-state index contributed by atoms with van der Waals surface area (Å²) in [5, 5.41) is 2.21. The Morgan fingerprint density at radius 2 is 2.43 bits per heavy atom. The summed E-state index contributed by atoms with van der Waals surface area (Å²) in [6.45, 7) is 4.81. The number of thiophene rings is 1. The second-order valence-corrected chi connectivity index (χ2v) is 5.44. The van der Waals surface area contributed by atoms with Crippen molar-refractivity contribution in [2.24, 2.45) is 0 Å². The van der Waals surface area contributed by atoms with Crippen LogP contribution in [0.5, 0.6) is 0 Å². The van der Waals surface area contributed by atoms with Gasteiger partial charge in [0, 0.05) is 16.8 Å². The lowest BCUT2D eigenvalue weighted by Crippen LogP contribution is -2.28. The monoisotopic (exact) mass is 209 g/mol. The molecule has 1 saturated heterocycles. The minimum atomic E-state index is 0.484. The van der Waals surface area contributed by atoms with Gasteiger partial charge >= 0.3 is 0 Å². The van der Waals surface area contributed by atoms with Crippen LogP contribution in [-0.4, -0.2) is 25.0 Å². The zero-order chi connectivity index (χ0) is 10.0. The maximum atomic E-state index is 2.47. The van der Waals surface area contributed by atoms with Gasteiger partial charge in [0.05, 0.1) is 0 Å². The normalized spacial score (nSPS) is 28.4. The number of nitrogens with zero attached hydrogens (tertiary/aromatic N) is 1. The van der Waals surface area contributed by atoms with E-state index in [4.69, 9.17) is 0 Å². The van der Waals surface area contributed by atoms with Crippen molar-refractivity contribution >= 4 is 11.3 Å². The second-order valence-electron chi connectivity index (χ2n) is 4.50. The Labute approximate surface area is 90.7 Å². The maximum Gasteiger partial charge on any atom is 0.0186 e. The standard InChI is InChI=1S/C12H19NS/c1-3-6-12(7-8-13(2)10-12)11-5-4-9-14-11/h4-5,9H,3,6-8,10H2,1-2H3/t12-/m1/s1. The molecule has 0 N–H and O–H groups in total. The van der Waals surface area contributed by atoms with Gasteiger partial charge in [-0.3, -0.25) is 0 Å². The predicted molar refractivity (Wildman–Crippen MR) is 63.0 cm³/mol. The van der Waals surface area contributed by atoms with Crippen molar-refractivity contribution in [1.82, 2.24) is 4.90 Å². The maximum absolute atomic E-state index is 2.47. The predicted octanol–water partition coefficient (Wildman–Crippen LogP) is 3.12. The van der Waals surface area contributed by atoms with Gasteiger partial charge in [0.15, 0.2) is 0 Å². The highest BCUT2D eigenvalue weighted by molar-refractivity contribution is 7.10. The Balaban J connectivity index is 2.23. The van der Waals surface area contributed by atoms with Crippen LogP contribution in [-0.2, 0) is 5.41 Å². The molecule has 1 aromatic heterocycles. The fraction of sp³-hybridized carbons (Fsp3) is 0.667. The molecule has 0 bridgehead atoms. The van der Waals surface area contributed by atoms with Crippen LogP contribution in [0.2, 0.25) is 0 Å². The van der Waals surface area contributed by atoms with Crippen molar-refractivity contribution < 1.29 is 0 Å². The van der Waals surface area contributed by atoms with Crippen LogP contribution in [0.3, 0.4) is 0 Å². The van der Waals surface area contributed by atoms with Crippen LogP contribution >= 0.6 is 11.3 Å². The fourth-order valence-electron chi connectivity index (χ4n) is 2.67. The first-order valence-corrected chi connectivity index (χ1v) is 6.37. The minimum absolute atomic E-state index is 0.484. The SMILES string of the molecule is CCC[C@@]1(c2cccs2)CCN(C)C1. The Morgan fingerprint density at radius 1 is 1.57 bits per heavy atom. The number of likely N-dealkylation sites (tertiary alicyclic amines) is 1. The summed E-state index contributed by atoms with van der Waals surface area (Å²) in [7, 11) is 2.24. The molecule has 1 aliphatic rings. The van der Waals surface area contributed by atoms with E-state index in [2.05, 4.69) is 36.4 Å². The zero-order valence-corrected chi connectivity index (χ0v) is 9.94. The first-order valence-electron chi connectivity index (χ1n) is 5.49. The average Bonchev–Trinajstić information content (AvgIpc) is 2.75. The molecule has 0 radical (unpaired) electrons. The molecule has 1 nitrogen and oxygen atoms in total. The van der Waals surface area contributed by atoms with E-state index < -0.39 is 0 Å². The molecule has 0 unspecified atom stereocenters. The molecular weight excluding hydrogens is 190 g/mol. The second kappa shape index (κ2) is 4.03. The molecule has 1 fully saturated rings. The van der Waals surface area contributed by atoms with Crippen LogP contribution in [0.1, 0.15) is 31.1 Å². The molecule has 0 saturated carbocycles. The summed E-state index contributed by atoms with van der Waals surface area (Å²) in [6, 6.07) is 4.51. The molecule has 2 heteroatoms. The Hall–Kier alpha value is -0.340. The van der Waals surface area contributed by atoms with E-state index >= 15 is 0 Å². The summed E-state index contributed by atoms with van der Waals surface area (Å²) >= 11 is 1.93. The third-order valence-corrected chi connectivity index (χ3v) is 4.43. The summed E-state index contributed by atoms with van der Waals surface area (Å²) < 4.78 is 0. The number of likely N-dealkylation sites (N-methyl/N-ethyl adjacent to an activating group) is 1. The molecule has 0 aromatic carbocycles. The van der Waals surface area contributed by atoms with Gasteiger partial charge in [-0.25, -0.2) is 0 Å². The number of hydrogen-bond donors (Lipinski definition) is 0. The Bertz CT molecular complexity index is 277. The van der Waals surface area contributed by atoms with Crippen molar-refractivity contribution in [2.75, 3.05) is 20.1 Å². The van der Waals surface area contributed by atoms with Gasteiger partial charge in [0.25, 0.3) is 0 Å². The topological polar surface area (TPSA) is 3.24 Å². The van der Waals surface area contributed by atoms with Gasteiger partial charge in [0.1, 0.15) is 0 Å². The molecule has 0 spiro atoms. The lowest BCUT2D eigenvalue weighted by Gasteiger charge is -2.27. The molecule has 2 heterocycles. The van der Waals surface area contributed by atoms with Gasteiger partial charge < -0.3 is 4.90 Å². The molecule has 0 amide bonds. The van der Waals surface area contributed by atoms with Gasteiger partial charge in [-0.2, -0.15) is 0 Å². The highest BCUT2D eigenvalue weighted by Crippen LogP contribution is 2.40. The van der Waals surface area contributed by atoms with Gasteiger partial charge in [-0.05, 0) is 37.9 Å². The van der Waals surface area contributed by atoms with Gasteiger partial charge in [0.2, 0.25) is 0 Å². The quantitative estimate of drug-likeness (QED) is 0.739. The van der Waals surface area contributed by atoms with Crippen LogP contribution in [0, 0.1) is 0 Å². The molecule has 2 rings (SSSR count). The van der Waals surface area contributed by atoms with E-state index in [1.54, 1.807) is 4.88 Å². The van der Waals surface area contributed by atoms with Crippen LogP contribution < -0.4 is 0 Å². The number of hydrogen-bond acceptors (Lipinski definition) is 2. The molecule has 0 aliphatic carbocycles. The minimum Gasteiger partial charge on any atom is -0.305 e. The lowest BCUT2D eigenvalue weighted by molar-refractivity contribution is 0.355. The Morgan fingerprint density at radius 3 is 2.93 bits per heavy atom. The van der Waals surface area contributed by atoms with E-state index in [9.17, 15) is 0 Å². The molecule has 78 valence electrons. The summed E-state index contributed by atoms with van der Waals surface area (Å²) in [5.74, 6) is 0. The van der Waals surface area contributed by atoms with Crippen LogP contribution in [0.4, 0.5) is 0 Å². The van der Waals surface area contributed by atoms with Crippen molar-refractivity contribution in [1.29, 1.82) is 0 Å². The van der Waals surface area contributed by atoms with Crippen molar-refractivity contribution in [3.8, 4) is 0 Å². The largest absolute Gasteiger partial charge is 0.305 e. The zero-order valence-electron chi connectivity index (χ0n) is 9.12. The Kier molecular flexibility index (Phi) is 2.93. The molecule has 1 atom stereocenters. The van der Waals surface area contributed by atoms with Crippen molar-refractivity contribution in [2.45, 2.75) is 31.6 Å². The highest BCUT2D eigenvalue weighted by atomic mass is 32.1. The lowest BCUT2D eigenvalue weighted by atomic mass is 9.81. The van der Waals surface area contributed by atoms with Crippen molar-refractivity contribution in [3.63, 3.8) is 0 Å². The first-order chi connectivity index (χ1) is 6.77. The summed E-state index contributed by atoms with van der Waals surface area (Å²) in [5.41, 5.74) is 0.484. The van der Waals surface area contributed by atoms with E-state index in [-0.39, 0.29) is 0 Å². The highest BCUT2D eigenvalue weighted by Gasteiger charge is 2.37. The molecule has 1 aromatic rings. The third kappa shape index (κ3) is 1.73. The average molecular weight is 209 g/mol. The van der Waals surface area contributed by atoms with Crippen LogP contribution in [0.15, 0.2) is 17.5 Å². The molecule has 1 aliphatic heterocycles. The molecular formula is C12H19NS. The number of rotatable bonds is 3. The van der Waals surface area contributed by atoms with Crippen LogP contribution in [0.25, 0.3) is 0 Å². The van der Waals surface area contributed by atoms with Gasteiger partial charge in [-0.1, -0.05) is 19.4 Å². The first kappa shape index (κ1) is 10.2. The van der Waals surface area contributed by atoms with E-state index in [1.165, 1.54) is 32.4 Å². The third-order valence-electron chi connectivity index (χ3n) is 3.32. The van der Waals surface area contributed by atoms with E-state index in [0.29, 0.717) is 5.41 Å². The summed E-state index contributed by atoms with van der Waals surface area (Å²) in [4.78, 5) is 4.07. The molecule has 14 heavy (non-hydrogen) atoms. The smallest absolute Gasteiger partial charge is 0.0186 e. The van der Waals surface area contributed by atoms with E-state index in [1.807, 2.05) is 11.3 Å². The van der Waals surface area contributed by atoms with Gasteiger partial charge in [-0.15, -0.1) is 11.3 Å². The van der Waals surface area contributed by atoms with E-state index in [0.717, 1.165) is 0 Å². The van der Waals surface area contributed by atoms with Crippen molar-refractivity contribution in [3.05, 3.63) is 22.4 Å².